The summed E-state index contributed by atoms with van der Waals surface area (Å²) in [5.74, 6) is -0.0922. The molecule has 2 amide bonds. The number of halogens is 3. The molecule has 0 radical (unpaired) electrons. The molecule has 43 heavy (non-hydrogen) atoms. The first-order valence-corrected chi connectivity index (χ1v) is 14.7. The lowest BCUT2D eigenvalue weighted by molar-refractivity contribution is 0.0545. The van der Waals surface area contributed by atoms with Gasteiger partial charge in [0.15, 0.2) is 0 Å². The molecule has 4 rings (SSSR count). The maximum absolute atomic E-state index is 12.5. The Kier molecular flexibility index (Phi) is 9.69. The van der Waals surface area contributed by atoms with E-state index in [0.717, 1.165) is 38.7 Å². The molecule has 0 unspecified atom stereocenters. The lowest BCUT2D eigenvalue weighted by Crippen LogP contribution is -2.47. The van der Waals surface area contributed by atoms with Gasteiger partial charge >= 0.3 is 12.2 Å². The minimum Gasteiger partial charge on any atom is -0.444 e. The maximum atomic E-state index is 12.5. The number of carbonyl (C=O) groups excluding carboxylic acids is 2. The molecule has 0 saturated heterocycles. The topological polar surface area (TPSA) is 117 Å². The molecule has 0 bridgehead atoms. The number of fused-ring (bicyclic) bond motifs is 3. The highest BCUT2D eigenvalue weighted by atomic mass is 35.5. The van der Waals surface area contributed by atoms with E-state index in [2.05, 4.69) is 25.9 Å². The fraction of sp³-hybridized carbons (Fsp3) is 0.323. The molecule has 0 aliphatic rings. The summed E-state index contributed by atoms with van der Waals surface area (Å²) in [6.45, 7) is 10.6. The van der Waals surface area contributed by atoms with E-state index in [0.29, 0.717) is 21.5 Å². The molecule has 4 aromatic rings. The van der Waals surface area contributed by atoms with Crippen molar-refractivity contribution in [3.63, 3.8) is 0 Å². The summed E-state index contributed by atoms with van der Waals surface area (Å²) in [4.78, 5) is 32.9. The summed E-state index contributed by atoms with van der Waals surface area (Å²) in [5, 5.41) is 11.8. The van der Waals surface area contributed by atoms with E-state index >= 15 is 0 Å². The molecule has 9 nitrogen and oxygen atoms in total. The number of hydrogen-bond acceptors (Lipinski definition) is 6. The third-order valence-electron chi connectivity index (χ3n) is 5.85. The van der Waals surface area contributed by atoms with Crippen molar-refractivity contribution in [2.45, 2.75) is 59.2 Å². The number of hydrogen-bond donors (Lipinski definition) is 4. The minimum absolute atomic E-state index is 0.0922. The van der Waals surface area contributed by atoms with Gasteiger partial charge < -0.3 is 19.8 Å². The standard InChI is InChI=1S/C31H34Cl3N5O4/c1-30(2,3)42-28(40)38-27(39-29(41)43-31(4,5)6)35-12-11-17-13-20(36-19-9-7-18(32)8-10-19)14-22-21-15-23(33)24(34)16-25(21)37-26(17)22/h7-10,13-16,36-37H,11-12H2,1-6H3,(H2,35,38,39,40,41). The van der Waals surface area contributed by atoms with Gasteiger partial charge in [-0.2, -0.15) is 0 Å². The van der Waals surface area contributed by atoms with Gasteiger partial charge in [-0.05, 0) is 102 Å². The van der Waals surface area contributed by atoms with E-state index in [1.807, 2.05) is 42.5 Å². The van der Waals surface area contributed by atoms with Gasteiger partial charge in [0.25, 0.3) is 0 Å². The first kappa shape index (κ1) is 32.3. The van der Waals surface area contributed by atoms with Crippen molar-refractivity contribution in [3.8, 4) is 0 Å². The number of amides is 2. The number of alkyl carbamates (subject to hydrolysis) is 2. The predicted molar refractivity (Wildman–Crippen MR) is 175 cm³/mol. The molecular weight excluding hydrogens is 613 g/mol. The summed E-state index contributed by atoms with van der Waals surface area (Å²) in [7, 11) is 0. The van der Waals surface area contributed by atoms with Gasteiger partial charge in [-0.25, -0.2) is 9.59 Å². The number of benzene rings is 3. The Morgan fingerprint density at radius 2 is 1.37 bits per heavy atom. The zero-order chi connectivity index (χ0) is 31.5. The number of rotatable bonds is 5. The number of nitrogens with zero attached hydrogens (tertiary/aromatic N) is 1. The van der Waals surface area contributed by atoms with Crippen molar-refractivity contribution in [3.05, 3.63) is 69.2 Å². The zero-order valence-electron chi connectivity index (χ0n) is 24.7. The van der Waals surface area contributed by atoms with Crippen LogP contribution in [-0.4, -0.2) is 40.9 Å². The molecule has 0 saturated carbocycles. The lowest BCUT2D eigenvalue weighted by atomic mass is 10.0. The van der Waals surface area contributed by atoms with E-state index < -0.39 is 23.4 Å². The van der Waals surface area contributed by atoms with E-state index in [1.54, 1.807) is 47.6 Å². The van der Waals surface area contributed by atoms with E-state index in [-0.39, 0.29) is 12.5 Å². The third kappa shape index (κ3) is 9.16. The number of carbonyl (C=O) groups is 2. The maximum Gasteiger partial charge on any atom is 0.414 e. The second-order valence-corrected chi connectivity index (χ2v) is 13.1. The fourth-order valence-electron chi connectivity index (χ4n) is 4.24. The highest BCUT2D eigenvalue weighted by Crippen LogP contribution is 2.36. The molecule has 228 valence electrons. The van der Waals surface area contributed by atoms with Crippen LogP contribution in [-0.2, 0) is 15.9 Å². The van der Waals surface area contributed by atoms with Gasteiger partial charge in [-0.15, -0.1) is 0 Å². The summed E-state index contributed by atoms with van der Waals surface area (Å²) in [6.07, 6.45) is -1.08. The van der Waals surface area contributed by atoms with Crippen LogP contribution in [0.25, 0.3) is 21.8 Å². The lowest BCUT2D eigenvalue weighted by Gasteiger charge is -2.22. The number of H-pyrrole nitrogens is 1. The van der Waals surface area contributed by atoms with Crippen LogP contribution < -0.4 is 16.0 Å². The second kappa shape index (κ2) is 12.9. The van der Waals surface area contributed by atoms with Crippen molar-refractivity contribution >= 4 is 86.1 Å². The Bertz CT molecular complexity index is 1650. The van der Waals surface area contributed by atoms with E-state index in [9.17, 15) is 9.59 Å². The molecule has 0 aliphatic carbocycles. The summed E-state index contributed by atoms with van der Waals surface area (Å²) < 4.78 is 10.7. The molecule has 12 heteroatoms. The largest absolute Gasteiger partial charge is 0.444 e. The van der Waals surface area contributed by atoms with Gasteiger partial charge in [-0.1, -0.05) is 34.8 Å². The zero-order valence-corrected chi connectivity index (χ0v) is 27.0. The summed E-state index contributed by atoms with van der Waals surface area (Å²) in [5.41, 5.74) is 2.84. The van der Waals surface area contributed by atoms with Gasteiger partial charge in [-0.3, -0.25) is 15.6 Å². The molecular formula is C31H34Cl3N5O4. The van der Waals surface area contributed by atoms with Gasteiger partial charge in [0.05, 0.1) is 10.0 Å². The van der Waals surface area contributed by atoms with Crippen molar-refractivity contribution in [1.82, 2.24) is 15.6 Å². The van der Waals surface area contributed by atoms with Crippen LogP contribution in [0.3, 0.4) is 0 Å². The first-order valence-electron chi connectivity index (χ1n) is 13.6. The fourth-order valence-corrected chi connectivity index (χ4v) is 4.69. The van der Waals surface area contributed by atoms with Gasteiger partial charge in [0.1, 0.15) is 11.2 Å². The van der Waals surface area contributed by atoms with Crippen molar-refractivity contribution < 1.29 is 19.1 Å². The SMILES string of the molecule is CC(C)(C)OC(=O)NC(=NCCc1cc(Nc2ccc(Cl)cc2)cc2c1[nH]c1cc(Cl)c(Cl)cc12)NC(=O)OC(C)(C)C. The van der Waals surface area contributed by atoms with Crippen LogP contribution in [0, 0.1) is 0 Å². The first-order chi connectivity index (χ1) is 20.1. The number of guanidine groups is 1. The van der Waals surface area contributed by atoms with Crippen molar-refractivity contribution in [1.29, 1.82) is 0 Å². The summed E-state index contributed by atoms with van der Waals surface area (Å²) >= 11 is 18.7. The van der Waals surface area contributed by atoms with E-state index in [1.165, 1.54) is 0 Å². The van der Waals surface area contributed by atoms with Gasteiger partial charge in [0, 0.05) is 44.7 Å². The Hall–Kier alpha value is -3.66. The predicted octanol–water partition coefficient (Wildman–Crippen LogP) is 8.97. The Balaban J connectivity index is 1.67. The van der Waals surface area contributed by atoms with Gasteiger partial charge in [0.2, 0.25) is 5.96 Å². The number of ether oxygens (including phenoxy) is 2. The molecule has 0 atom stereocenters. The van der Waals surface area contributed by atoms with Crippen LogP contribution in [0.2, 0.25) is 15.1 Å². The molecule has 0 aliphatic heterocycles. The average molecular weight is 647 g/mol. The van der Waals surface area contributed by atoms with Crippen molar-refractivity contribution in [2.24, 2.45) is 4.99 Å². The number of aromatic nitrogens is 1. The smallest absolute Gasteiger partial charge is 0.414 e. The average Bonchev–Trinajstić information content (AvgIpc) is 3.20. The third-order valence-corrected chi connectivity index (χ3v) is 6.83. The normalized spacial score (nSPS) is 11.7. The van der Waals surface area contributed by atoms with Crippen molar-refractivity contribution in [2.75, 3.05) is 11.9 Å². The van der Waals surface area contributed by atoms with Crippen LogP contribution in [0.1, 0.15) is 47.1 Å². The molecule has 1 heterocycles. The highest BCUT2D eigenvalue weighted by Gasteiger charge is 2.21. The molecule has 1 aromatic heterocycles. The quantitative estimate of drug-likeness (QED) is 0.128. The molecule has 0 fully saturated rings. The highest BCUT2D eigenvalue weighted by molar-refractivity contribution is 6.43. The number of anilines is 2. The molecule has 0 spiro atoms. The monoisotopic (exact) mass is 645 g/mol. The number of nitrogens with one attached hydrogen (secondary N) is 4. The second-order valence-electron chi connectivity index (χ2n) is 11.9. The molecule has 3 aromatic carbocycles. The minimum atomic E-state index is -0.761. The van der Waals surface area contributed by atoms with Crippen LogP contribution in [0.15, 0.2) is 53.5 Å². The molecule has 4 N–H and O–H groups in total. The number of aliphatic imine (C=N–C) groups is 1. The van der Waals surface area contributed by atoms with E-state index in [4.69, 9.17) is 44.3 Å². The summed E-state index contributed by atoms with van der Waals surface area (Å²) in [6, 6.07) is 15.1. The Morgan fingerprint density at radius 1 is 0.791 bits per heavy atom. The Labute approximate surface area is 265 Å². The van der Waals surface area contributed by atoms with Crippen LogP contribution in [0.5, 0.6) is 0 Å². The number of aromatic amines is 1. The Morgan fingerprint density at radius 3 is 1.95 bits per heavy atom. The van der Waals surface area contributed by atoms with Crippen LogP contribution >= 0.6 is 34.8 Å². The van der Waals surface area contributed by atoms with Crippen LogP contribution in [0.4, 0.5) is 21.0 Å².